The van der Waals surface area contributed by atoms with Crippen LogP contribution in [0.3, 0.4) is 0 Å². The Balaban J connectivity index is 2.34. The first-order chi connectivity index (χ1) is 9.88. The topological polar surface area (TPSA) is 92.5 Å². The van der Waals surface area contributed by atoms with Gasteiger partial charge in [-0.25, -0.2) is 4.39 Å². The number of benzene rings is 2. The number of nitro groups is 1. The fraction of sp³-hybridized carbons (Fsp3) is 0. The second kappa shape index (κ2) is 5.76. The van der Waals surface area contributed by atoms with E-state index in [2.05, 4.69) is 5.32 Å². The Morgan fingerprint density at radius 3 is 2.62 bits per heavy atom. The van der Waals surface area contributed by atoms with Gasteiger partial charge in [0.2, 0.25) is 0 Å². The fourth-order valence-corrected chi connectivity index (χ4v) is 1.80. The van der Waals surface area contributed by atoms with Gasteiger partial charge in [0, 0.05) is 22.8 Å². The lowest BCUT2D eigenvalue weighted by atomic mass is 10.1. The van der Waals surface area contributed by atoms with Crippen molar-refractivity contribution in [3.05, 3.63) is 62.9 Å². The Morgan fingerprint density at radius 2 is 2.00 bits per heavy atom. The number of phenols is 1. The number of nitrogens with zero attached hydrogens (tertiary/aromatic N) is 1. The Kier molecular flexibility index (Phi) is 4.04. The number of hydrogen-bond donors (Lipinski definition) is 2. The molecular weight excluding hydrogens is 303 g/mol. The van der Waals surface area contributed by atoms with E-state index in [4.69, 9.17) is 16.7 Å². The molecule has 0 aliphatic heterocycles. The van der Waals surface area contributed by atoms with Crippen LogP contribution in [-0.4, -0.2) is 15.9 Å². The molecule has 0 aromatic heterocycles. The van der Waals surface area contributed by atoms with Gasteiger partial charge in [-0.05, 0) is 24.3 Å². The maximum absolute atomic E-state index is 13.2. The van der Waals surface area contributed by atoms with Crippen LogP contribution in [0.2, 0.25) is 5.02 Å². The summed E-state index contributed by atoms with van der Waals surface area (Å²) >= 11 is 5.72. The van der Waals surface area contributed by atoms with Crippen molar-refractivity contribution in [3.63, 3.8) is 0 Å². The van der Waals surface area contributed by atoms with Crippen LogP contribution < -0.4 is 5.32 Å². The molecule has 2 rings (SSSR count). The van der Waals surface area contributed by atoms with E-state index in [0.717, 1.165) is 24.3 Å². The molecule has 2 aromatic rings. The quantitative estimate of drug-likeness (QED) is 0.516. The Labute approximate surface area is 122 Å². The number of halogens is 2. The highest BCUT2D eigenvalue weighted by molar-refractivity contribution is 6.31. The number of nitrogens with one attached hydrogen (secondary N) is 1. The molecule has 0 radical (unpaired) electrons. The normalized spacial score (nSPS) is 10.2. The number of rotatable bonds is 3. The summed E-state index contributed by atoms with van der Waals surface area (Å²) < 4.78 is 13.2. The number of anilines is 1. The molecular formula is C13H8ClFN2O4. The summed E-state index contributed by atoms with van der Waals surface area (Å²) in [7, 11) is 0. The third-order valence-corrected chi connectivity index (χ3v) is 2.84. The molecule has 2 N–H and O–H groups in total. The molecule has 2 aromatic carbocycles. The monoisotopic (exact) mass is 310 g/mol. The van der Waals surface area contributed by atoms with Gasteiger partial charge in [-0.15, -0.1) is 0 Å². The first-order valence-corrected chi connectivity index (χ1v) is 6.00. The van der Waals surface area contributed by atoms with Gasteiger partial charge in [0.25, 0.3) is 11.6 Å². The van der Waals surface area contributed by atoms with Gasteiger partial charge in [-0.1, -0.05) is 11.6 Å². The maximum Gasteiger partial charge on any atom is 0.282 e. The van der Waals surface area contributed by atoms with Gasteiger partial charge in [0.05, 0.1) is 4.92 Å². The number of phenolic OH excluding ortho intramolecular Hbond substituents is 1. The van der Waals surface area contributed by atoms with Crippen LogP contribution in [-0.2, 0) is 0 Å². The van der Waals surface area contributed by atoms with Gasteiger partial charge in [0.1, 0.15) is 5.56 Å². The highest BCUT2D eigenvalue weighted by Gasteiger charge is 2.20. The molecule has 0 saturated carbocycles. The zero-order valence-electron chi connectivity index (χ0n) is 10.3. The van der Waals surface area contributed by atoms with Crippen molar-refractivity contribution < 1.29 is 19.2 Å². The number of carbonyl (C=O) groups excluding carboxylic acids is 1. The van der Waals surface area contributed by atoms with Crippen molar-refractivity contribution in [3.8, 4) is 5.75 Å². The van der Waals surface area contributed by atoms with Crippen molar-refractivity contribution >= 4 is 28.9 Å². The van der Waals surface area contributed by atoms with Crippen LogP contribution in [0.4, 0.5) is 15.8 Å². The third-order valence-electron chi connectivity index (χ3n) is 2.61. The second-order valence-corrected chi connectivity index (χ2v) is 4.48. The molecule has 0 spiro atoms. The van der Waals surface area contributed by atoms with E-state index in [-0.39, 0.29) is 16.3 Å². The summed E-state index contributed by atoms with van der Waals surface area (Å²) in [5, 5.41) is 22.4. The summed E-state index contributed by atoms with van der Waals surface area (Å²) in [5.74, 6) is -2.30. The molecule has 1 amide bonds. The van der Waals surface area contributed by atoms with Crippen molar-refractivity contribution in [1.82, 2.24) is 0 Å². The molecule has 0 aliphatic carbocycles. The summed E-state index contributed by atoms with van der Waals surface area (Å²) in [4.78, 5) is 22.2. The second-order valence-electron chi connectivity index (χ2n) is 4.04. The van der Waals surface area contributed by atoms with Crippen molar-refractivity contribution in [2.45, 2.75) is 0 Å². The lowest BCUT2D eigenvalue weighted by Gasteiger charge is -2.07. The average Bonchev–Trinajstić information content (AvgIpc) is 2.42. The minimum atomic E-state index is -0.923. The lowest BCUT2D eigenvalue weighted by molar-refractivity contribution is -0.385. The van der Waals surface area contributed by atoms with Gasteiger partial charge in [-0.2, -0.15) is 0 Å². The van der Waals surface area contributed by atoms with E-state index in [0.29, 0.717) is 0 Å². The molecule has 0 unspecified atom stereocenters. The third kappa shape index (κ3) is 3.26. The predicted octanol–water partition coefficient (Wildman–Crippen LogP) is 3.35. The number of nitro benzene ring substituents is 1. The zero-order chi connectivity index (χ0) is 15.6. The van der Waals surface area contributed by atoms with Crippen LogP contribution in [0.5, 0.6) is 5.75 Å². The first-order valence-electron chi connectivity index (χ1n) is 5.62. The van der Waals surface area contributed by atoms with Crippen LogP contribution in [0, 0.1) is 15.9 Å². The van der Waals surface area contributed by atoms with E-state index < -0.39 is 28.1 Å². The molecule has 0 atom stereocenters. The summed E-state index contributed by atoms with van der Waals surface area (Å²) in [6, 6.07) is 6.74. The molecule has 0 bridgehead atoms. The van der Waals surface area contributed by atoms with Crippen molar-refractivity contribution in [1.29, 1.82) is 0 Å². The van der Waals surface area contributed by atoms with E-state index >= 15 is 0 Å². The number of carbonyl (C=O) groups is 1. The van der Waals surface area contributed by atoms with Gasteiger partial charge in [0.15, 0.2) is 11.6 Å². The first kappa shape index (κ1) is 14.7. The summed E-state index contributed by atoms with van der Waals surface area (Å²) in [5.41, 5.74) is -0.623. The smallest absolute Gasteiger partial charge is 0.282 e. The molecule has 0 heterocycles. The number of hydrogen-bond acceptors (Lipinski definition) is 4. The Morgan fingerprint density at radius 1 is 1.29 bits per heavy atom. The van der Waals surface area contributed by atoms with Gasteiger partial charge >= 0.3 is 0 Å². The zero-order valence-corrected chi connectivity index (χ0v) is 11.1. The summed E-state index contributed by atoms with van der Waals surface area (Å²) in [6.07, 6.45) is 0. The van der Waals surface area contributed by atoms with Crippen LogP contribution in [0.1, 0.15) is 10.4 Å². The van der Waals surface area contributed by atoms with Gasteiger partial charge in [-0.3, -0.25) is 14.9 Å². The standard InChI is InChI=1S/C13H8ClFN2O4/c14-7-1-3-11(17(20)21)9(5-7)13(19)16-8-2-4-12(18)10(15)6-8/h1-6,18H,(H,16,19). The van der Waals surface area contributed by atoms with E-state index in [9.17, 15) is 19.3 Å². The predicted molar refractivity (Wildman–Crippen MR) is 74.1 cm³/mol. The lowest BCUT2D eigenvalue weighted by Crippen LogP contribution is -2.14. The van der Waals surface area contributed by atoms with Crippen LogP contribution in [0.15, 0.2) is 36.4 Å². The molecule has 21 heavy (non-hydrogen) atoms. The van der Waals surface area contributed by atoms with E-state index in [1.54, 1.807) is 0 Å². The number of amides is 1. The maximum atomic E-state index is 13.2. The average molecular weight is 311 g/mol. The largest absolute Gasteiger partial charge is 0.505 e. The van der Waals surface area contributed by atoms with Crippen molar-refractivity contribution in [2.24, 2.45) is 0 Å². The number of aromatic hydroxyl groups is 1. The van der Waals surface area contributed by atoms with Gasteiger partial charge < -0.3 is 10.4 Å². The highest BCUT2D eigenvalue weighted by atomic mass is 35.5. The molecule has 0 fully saturated rings. The molecule has 0 saturated heterocycles. The minimum absolute atomic E-state index is 0.0459. The molecule has 0 aliphatic rings. The van der Waals surface area contributed by atoms with Crippen LogP contribution >= 0.6 is 11.6 Å². The van der Waals surface area contributed by atoms with E-state index in [1.807, 2.05) is 0 Å². The fourth-order valence-electron chi connectivity index (χ4n) is 1.63. The highest BCUT2D eigenvalue weighted by Crippen LogP contribution is 2.25. The van der Waals surface area contributed by atoms with Crippen molar-refractivity contribution in [2.75, 3.05) is 5.32 Å². The summed E-state index contributed by atoms with van der Waals surface area (Å²) in [6.45, 7) is 0. The Hall–Kier alpha value is -2.67. The molecule has 8 heteroatoms. The van der Waals surface area contributed by atoms with E-state index in [1.165, 1.54) is 12.1 Å². The molecule has 6 nitrogen and oxygen atoms in total. The minimum Gasteiger partial charge on any atom is -0.505 e. The Bertz CT molecular complexity index is 736. The molecule has 108 valence electrons. The van der Waals surface area contributed by atoms with Crippen LogP contribution in [0.25, 0.3) is 0 Å². The SMILES string of the molecule is O=C(Nc1ccc(O)c(F)c1)c1cc(Cl)ccc1[N+](=O)[O-].